The fourth-order valence-electron chi connectivity index (χ4n) is 1.88. The molecule has 21 heavy (non-hydrogen) atoms. The van der Waals surface area contributed by atoms with Gasteiger partial charge in [0, 0.05) is 12.6 Å². The van der Waals surface area contributed by atoms with Crippen molar-refractivity contribution < 1.29 is 9.94 Å². The maximum atomic E-state index is 8.65. The molecule has 0 aliphatic carbocycles. The Balaban J connectivity index is 2.10. The van der Waals surface area contributed by atoms with Crippen molar-refractivity contribution in [3.63, 3.8) is 0 Å². The van der Waals surface area contributed by atoms with Crippen LogP contribution in [0.15, 0.2) is 29.4 Å². The molecule has 1 aromatic heterocycles. The predicted molar refractivity (Wildman–Crippen MR) is 80.9 cm³/mol. The van der Waals surface area contributed by atoms with Crippen LogP contribution in [0, 0.1) is 0 Å². The number of rotatable bonds is 5. The standard InChI is InChI=1S/C14H17ClN4O2/c1-3-9-6-10(19(2)17-9)8-21-11-4-5-12(13(15)7-11)14(16)18-20/h4-7,20H,3,8H2,1-2H3,(H2,16,18). The van der Waals surface area contributed by atoms with Crippen molar-refractivity contribution in [2.24, 2.45) is 17.9 Å². The van der Waals surface area contributed by atoms with E-state index in [2.05, 4.69) is 17.2 Å². The van der Waals surface area contributed by atoms with Crippen molar-refractivity contribution in [1.29, 1.82) is 0 Å². The molecule has 112 valence electrons. The normalized spacial score (nSPS) is 11.7. The highest BCUT2D eigenvalue weighted by atomic mass is 35.5. The highest BCUT2D eigenvalue weighted by molar-refractivity contribution is 6.34. The molecule has 0 saturated heterocycles. The Morgan fingerprint density at radius 1 is 1.48 bits per heavy atom. The molecule has 0 aliphatic heterocycles. The smallest absolute Gasteiger partial charge is 0.171 e. The summed E-state index contributed by atoms with van der Waals surface area (Å²) in [6, 6.07) is 7.00. The number of amidine groups is 1. The second-order valence-electron chi connectivity index (χ2n) is 4.52. The van der Waals surface area contributed by atoms with E-state index in [-0.39, 0.29) is 5.84 Å². The van der Waals surface area contributed by atoms with Gasteiger partial charge in [-0.1, -0.05) is 23.7 Å². The highest BCUT2D eigenvalue weighted by Crippen LogP contribution is 2.23. The van der Waals surface area contributed by atoms with Gasteiger partial charge in [-0.2, -0.15) is 5.10 Å². The number of nitrogens with zero attached hydrogens (tertiary/aromatic N) is 3. The van der Waals surface area contributed by atoms with Crippen LogP contribution in [0.2, 0.25) is 5.02 Å². The summed E-state index contributed by atoms with van der Waals surface area (Å²) >= 11 is 6.07. The molecule has 0 fully saturated rings. The van der Waals surface area contributed by atoms with Crippen molar-refractivity contribution in [1.82, 2.24) is 9.78 Å². The maximum Gasteiger partial charge on any atom is 0.171 e. The van der Waals surface area contributed by atoms with Gasteiger partial charge in [0.15, 0.2) is 5.84 Å². The number of aryl methyl sites for hydroxylation is 2. The lowest BCUT2D eigenvalue weighted by Crippen LogP contribution is -2.13. The minimum absolute atomic E-state index is 0.0363. The molecule has 2 aromatic rings. The summed E-state index contributed by atoms with van der Waals surface area (Å²) in [6.07, 6.45) is 0.883. The van der Waals surface area contributed by atoms with Gasteiger partial charge in [0.05, 0.1) is 16.4 Å². The lowest BCUT2D eigenvalue weighted by Gasteiger charge is -2.08. The molecule has 0 atom stereocenters. The molecular weight excluding hydrogens is 292 g/mol. The van der Waals surface area contributed by atoms with Crippen molar-refractivity contribution in [2.45, 2.75) is 20.0 Å². The van der Waals surface area contributed by atoms with Crippen molar-refractivity contribution in [2.75, 3.05) is 0 Å². The van der Waals surface area contributed by atoms with E-state index in [1.54, 1.807) is 22.9 Å². The number of hydrogen-bond acceptors (Lipinski definition) is 4. The van der Waals surface area contributed by atoms with Crippen LogP contribution in [0.1, 0.15) is 23.9 Å². The van der Waals surface area contributed by atoms with Gasteiger partial charge in [-0.3, -0.25) is 4.68 Å². The Hall–Kier alpha value is -2.21. The van der Waals surface area contributed by atoms with Crippen molar-refractivity contribution in [3.8, 4) is 5.75 Å². The van der Waals surface area contributed by atoms with E-state index >= 15 is 0 Å². The lowest BCUT2D eigenvalue weighted by atomic mass is 10.2. The SMILES string of the molecule is CCc1cc(COc2ccc(/C(N)=N/O)c(Cl)c2)n(C)n1. The Morgan fingerprint density at radius 3 is 2.81 bits per heavy atom. The van der Waals surface area contributed by atoms with Crippen LogP contribution in [0.5, 0.6) is 5.75 Å². The Labute approximate surface area is 127 Å². The Bertz CT molecular complexity index is 667. The third-order valence-electron chi connectivity index (χ3n) is 3.10. The minimum Gasteiger partial charge on any atom is -0.487 e. The topological polar surface area (TPSA) is 85.7 Å². The van der Waals surface area contributed by atoms with Crippen LogP contribution in [0.25, 0.3) is 0 Å². The number of halogens is 1. The number of hydrogen-bond donors (Lipinski definition) is 2. The largest absolute Gasteiger partial charge is 0.487 e. The quantitative estimate of drug-likeness (QED) is 0.384. The molecule has 0 aliphatic rings. The van der Waals surface area contributed by atoms with Crippen molar-refractivity contribution >= 4 is 17.4 Å². The number of nitrogens with two attached hydrogens (primary N) is 1. The first kappa shape index (κ1) is 15.2. The zero-order valence-electron chi connectivity index (χ0n) is 11.9. The first-order valence-electron chi connectivity index (χ1n) is 6.47. The molecule has 0 bridgehead atoms. The molecule has 0 spiro atoms. The van der Waals surface area contributed by atoms with Gasteiger partial charge >= 0.3 is 0 Å². The summed E-state index contributed by atoms with van der Waals surface area (Å²) in [4.78, 5) is 0. The molecule has 0 radical (unpaired) electrons. The monoisotopic (exact) mass is 308 g/mol. The summed E-state index contributed by atoms with van der Waals surface area (Å²) in [6.45, 7) is 2.45. The van der Waals surface area contributed by atoms with Crippen LogP contribution < -0.4 is 10.5 Å². The van der Waals surface area contributed by atoms with Gasteiger partial charge in [-0.05, 0) is 30.7 Å². The summed E-state index contributed by atoms with van der Waals surface area (Å²) in [7, 11) is 1.88. The zero-order valence-corrected chi connectivity index (χ0v) is 12.6. The molecule has 0 amide bonds. The average Bonchev–Trinajstić information content (AvgIpc) is 2.85. The van der Waals surface area contributed by atoms with Gasteiger partial charge in [-0.25, -0.2) is 0 Å². The van der Waals surface area contributed by atoms with E-state index in [1.807, 2.05) is 13.1 Å². The van der Waals surface area contributed by atoms with Gasteiger partial charge < -0.3 is 15.7 Å². The average molecular weight is 309 g/mol. The predicted octanol–water partition coefficient (Wildman–Crippen LogP) is 2.31. The molecule has 1 aromatic carbocycles. The number of ether oxygens (including phenoxy) is 1. The lowest BCUT2D eigenvalue weighted by molar-refractivity contribution is 0.295. The molecule has 0 saturated carbocycles. The summed E-state index contributed by atoms with van der Waals surface area (Å²) < 4.78 is 7.49. The van der Waals surface area contributed by atoms with E-state index in [4.69, 9.17) is 27.3 Å². The summed E-state index contributed by atoms with van der Waals surface area (Å²) in [5, 5.41) is 16.3. The van der Waals surface area contributed by atoms with Gasteiger partial charge in [0.1, 0.15) is 12.4 Å². The van der Waals surface area contributed by atoms with Crippen LogP contribution in [-0.4, -0.2) is 20.8 Å². The van der Waals surface area contributed by atoms with E-state index in [0.29, 0.717) is 22.9 Å². The van der Waals surface area contributed by atoms with E-state index in [9.17, 15) is 0 Å². The minimum atomic E-state index is -0.0363. The number of oxime groups is 1. The molecule has 6 nitrogen and oxygen atoms in total. The number of aromatic nitrogens is 2. The number of benzene rings is 1. The first-order valence-corrected chi connectivity index (χ1v) is 6.85. The zero-order chi connectivity index (χ0) is 15.4. The van der Waals surface area contributed by atoms with Gasteiger partial charge in [-0.15, -0.1) is 0 Å². The van der Waals surface area contributed by atoms with Crippen molar-refractivity contribution in [3.05, 3.63) is 46.2 Å². The van der Waals surface area contributed by atoms with Crippen LogP contribution >= 0.6 is 11.6 Å². The maximum absolute atomic E-state index is 8.65. The first-order chi connectivity index (χ1) is 10.0. The fourth-order valence-corrected chi connectivity index (χ4v) is 2.15. The molecular formula is C14H17ClN4O2. The van der Waals surface area contributed by atoms with Crippen LogP contribution in [-0.2, 0) is 20.1 Å². The Morgan fingerprint density at radius 2 is 2.24 bits per heavy atom. The molecule has 1 heterocycles. The van der Waals surface area contributed by atoms with Crippen LogP contribution in [0.4, 0.5) is 0 Å². The van der Waals surface area contributed by atoms with E-state index in [0.717, 1.165) is 17.8 Å². The second-order valence-corrected chi connectivity index (χ2v) is 4.93. The summed E-state index contributed by atoms with van der Waals surface area (Å²) in [5.74, 6) is 0.569. The summed E-state index contributed by atoms with van der Waals surface area (Å²) in [5.41, 5.74) is 7.97. The fraction of sp³-hybridized carbons (Fsp3) is 0.286. The van der Waals surface area contributed by atoms with E-state index < -0.39 is 0 Å². The molecule has 0 unspecified atom stereocenters. The van der Waals surface area contributed by atoms with Crippen LogP contribution in [0.3, 0.4) is 0 Å². The molecule has 3 N–H and O–H groups in total. The highest BCUT2D eigenvalue weighted by Gasteiger charge is 2.08. The third-order valence-corrected chi connectivity index (χ3v) is 3.41. The van der Waals surface area contributed by atoms with Gasteiger partial charge in [0.25, 0.3) is 0 Å². The second kappa shape index (κ2) is 6.49. The third kappa shape index (κ3) is 3.46. The molecule has 7 heteroatoms. The van der Waals surface area contributed by atoms with E-state index in [1.165, 1.54) is 0 Å². The van der Waals surface area contributed by atoms with Gasteiger partial charge in [0.2, 0.25) is 0 Å². The Kier molecular flexibility index (Phi) is 4.70. The molecule has 2 rings (SSSR count).